The van der Waals surface area contributed by atoms with Gasteiger partial charge in [0.05, 0.1) is 28.0 Å². The van der Waals surface area contributed by atoms with Gasteiger partial charge in [0, 0.05) is 37.9 Å². The summed E-state index contributed by atoms with van der Waals surface area (Å²) in [5.74, 6) is 0.313. The molecule has 0 bridgehead atoms. The molecule has 3 N–H and O–H groups in total. The summed E-state index contributed by atoms with van der Waals surface area (Å²) in [6.45, 7) is 6.06. The van der Waals surface area contributed by atoms with Crippen molar-refractivity contribution in [2.75, 3.05) is 31.6 Å². The Kier molecular flexibility index (Phi) is 7.15. The highest BCUT2D eigenvalue weighted by molar-refractivity contribution is 7.13. The minimum atomic E-state index is -0.315. The van der Waals surface area contributed by atoms with Crippen LogP contribution in [0, 0.1) is 0 Å². The van der Waals surface area contributed by atoms with Crippen LogP contribution >= 0.6 is 11.3 Å². The summed E-state index contributed by atoms with van der Waals surface area (Å²) in [4.78, 5) is 38.3. The zero-order valence-corrected chi connectivity index (χ0v) is 21.9. The van der Waals surface area contributed by atoms with E-state index in [0.29, 0.717) is 41.4 Å². The van der Waals surface area contributed by atoms with Crippen LogP contribution < -0.4 is 20.9 Å². The van der Waals surface area contributed by atoms with Crippen molar-refractivity contribution in [1.82, 2.24) is 35.5 Å². The first-order valence-corrected chi connectivity index (χ1v) is 13.3. The molecule has 0 spiro atoms. The van der Waals surface area contributed by atoms with Crippen molar-refractivity contribution in [3.05, 3.63) is 53.7 Å². The number of hydrogen-bond acceptors (Lipinski definition) is 8. The van der Waals surface area contributed by atoms with Crippen molar-refractivity contribution < 1.29 is 9.59 Å². The molecule has 1 aliphatic heterocycles. The van der Waals surface area contributed by atoms with E-state index in [1.807, 2.05) is 48.5 Å². The summed E-state index contributed by atoms with van der Waals surface area (Å²) in [7, 11) is 1.63. The number of nitrogens with one attached hydrogen (secondary N) is 3. The molecule has 0 radical (unpaired) electrons. The first-order valence-electron chi connectivity index (χ1n) is 12.4. The van der Waals surface area contributed by atoms with Crippen LogP contribution in [0.5, 0.6) is 0 Å². The molecule has 11 heteroatoms. The van der Waals surface area contributed by atoms with Crippen LogP contribution in [0.1, 0.15) is 30.6 Å². The van der Waals surface area contributed by atoms with Gasteiger partial charge in [-0.15, -0.1) is 11.3 Å². The lowest BCUT2D eigenvalue weighted by atomic mass is 10.0. The number of carbonyl (C=O) groups is 2. The maximum absolute atomic E-state index is 13.2. The van der Waals surface area contributed by atoms with Crippen molar-refractivity contribution in [2.45, 2.75) is 32.4 Å². The number of aromatic nitrogens is 4. The number of nitrogens with zero attached hydrogens (tertiary/aromatic N) is 5. The SMILES string of the molecule is CCNC(C)CNC(=O)c1cc(-c2cnn3ccc(-c4cccs4)nc23)nc(N2CCC2C(=O)NC)c1. The maximum Gasteiger partial charge on any atom is 0.251 e. The number of amides is 2. The lowest BCUT2D eigenvalue weighted by molar-refractivity contribution is -0.123. The molecule has 0 saturated carbocycles. The second-order valence-electron chi connectivity index (χ2n) is 9.00. The standard InChI is InChI=1S/C26H30N8O2S/c1-4-28-16(2)14-29-25(35)17-12-20(31-23(13-17)33-9-8-21(33)26(36)27-3)18-15-30-34-10-7-19(32-24(18)34)22-6-5-11-37-22/h5-7,10-13,15-16,21,28H,4,8-9,14H2,1-3H3,(H,27,36)(H,29,35). The number of likely N-dealkylation sites (N-methyl/N-ethyl adjacent to an activating group) is 2. The van der Waals surface area contributed by atoms with E-state index in [1.165, 1.54) is 0 Å². The molecule has 192 valence electrons. The summed E-state index contributed by atoms with van der Waals surface area (Å²) >= 11 is 1.62. The van der Waals surface area contributed by atoms with Crippen LogP contribution in [0.2, 0.25) is 0 Å². The number of hydrogen-bond donors (Lipinski definition) is 3. The van der Waals surface area contributed by atoms with E-state index in [-0.39, 0.29) is 23.9 Å². The number of anilines is 1. The number of rotatable bonds is 9. The summed E-state index contributed by atoms with van der Waals surface area (Å²) in [6.07, 6.45) is 4.32. The Morgan fingerprint density at radius 3 is 2.78 bits per heavy atom. The highest BCUT2D eigenvalue weighted by Gasteiger charge is 2.35. The average molecular weight is 519 g/mol. The van der Waals surface area contributed by atoms with Crippen LogP contribution in [-0.2, 0) is 4.79 Å². The van der Waals surface area contributed by atoms with E-state index in [9.17, 15) is 9.59 Å². The third-order valence-electron chi connectivity index (χ3n) is 6.48. The molecule has 2 unspecified atom stereocenters. The van der Waals surface area contributed by atoms with Gasteiger partial charge in [-0.1, -0.05) is 13.0 Å². The molecule has 0 aliphatic carbocycles. The smallest absolute Gasteiger partial charge is 0.251 e. The summed E-state index contributed by atoms with van der Waals surface area (Å²) in [5, 5.41) is 15.5. The first-order chi connectivity index (χ1) is 18.0. The van der Waals surface area contributed by atoms with Crippen molar-refractivity contribution in [3.63, 3.8) is 0 Å². The highest BCUT2D eigenvalue weighted by atomic mass is 32.1. The van der Waals surface area contributed by atoms with Gasteiger partial charge in [0.15, 0.2) is 5.65 Å². The zero-order valence-electron chi connectivity index (χ0n) is 21.1. The third kappa shape index (κ3) is 5.05. The van der Waals surface area contributed by atoms with E-state index in [4.69, 9.17) is 9.97 Å². The van der Waals surface area contributed by atoms with E-state index in [1.54, 1.807) is 41.2 Å². The van der Waals surface area contributed by atoms with Crippen LogP contribution in [0.15, 0.2) is 48.1 Å². The van der Waals surface area contributed by atoms with Gasteiger partial charge in [-0.05, 0) is 49.5 Å². The largest absolute Gasteiger partial charge is 0.357 e. The fraction of sp³-hybridized carbons (Fsp3) is 0.346. The van der Waals surface area contributed by atoms with Crippen LogP contribution in [0.3, 0.4) is 0 Å². The van der Waals surface area contributed by atoms with E-state index in [2.05, 4.69) is 21.0 Å². The number of thiophene rings is 1. The number of carbonyl (C=O) groups excluding carboxylic acids is 2. The van der Waals surface area contributed by atoms with E-state index < -0.39 is 0 Å². The molecule has 5 rings (SSSR count). The molecule has 0 aromatic carbocycles. The number of pyridine rings is 1. The van der Waals surface area contributed by atoms with Crippen molar-refractivity contribution in [1.29, 1.82) is 0 Å². The average Bonchev–Trinajstić information content (AvgIpc) is 3.56. The van der Waals surface area contributed by atoms with Crippen LogP contribution in [-0.4, -0.2) is 70.2 Å². The summed E-state index contributed by atoms with van der Waals surface area (Å²) in [6, 6.07) is 9.29. The second kappa shape index (κ2) is 10.7. The summed E-state index contributed by atoms with van der Waals surface area (Å²) in [5.41, 5.74) is 3.26. The number of fused-ring (bicyclic) bond motifs is 1. The lowest BCUT2D eigenvalue weighted by Gasteiger charge is -2.40. The molecule has 10 nitrogen and oxygen atoms in total. The zero-order chi connectivity index (χ0) is 25.9. The third-order valence-corrected chi connectivity index (χ3v) is 7.37. The molecule has 1 fully saturated rings. The molecule has 2 atom stereocenters. The topological polar surface area (TPSA) is 117 Å². The van der Waals surface area contributed by atoms with Crippen LogP contribution in [0.4, 0.5) is 5.82 Å². The minimum absolute atomic E-state index is 0.0674. The first kappa shape index (κ1) is 24.8. The molecule has 37 heavy (non-hydrogen) atoms. The Hall–Kier alpha value is -3.83. The molecular weight excluding hydrogens is 488 g/mol. The van der Waals surface area contributed by atoms with Gasteiger partial charge in [-0.3, -0.25) is 9.59 Å². The molecule has 1 aliphatic rings. The maximum atomic E-state index is 13.2. The normalized spacial score (nSPS) is 15.9. The van der Waals surface area contributed by atoms with Gasteiger partial charge in [0.2, 0.25) is 5.91 Å². The van der Waals surface area contributed by atoms with Gasteiger partial charge >= 0.3 is 0 Å². The second-order valence-corrected chi connectivity index (χ2v) is 9.94. The predicted octanol–water partition coefficient (Wildman–Crippen LogP) is 2.57. The van der Waals surface area contributed by atoms with Crippen LogP contribution in [0.25, 0.3) is 27.5 Å². The predicted molar refractivity (Wildman–Crippen MR) is 145 cm³/mol. The van der Waals surface area contributed by atoms with E-state index >= 15 is 0 Å². The van der Waals surface area contributed by atoms with Gasteiger partial charge in [-0.25, -0.2) is 14.5 Å². The fourth-order valence-electron chi connectivity index (χ4n) is 4.41. The Bertz CT molecular complexity index is 1420. The quantitative estimate of drug-likeness (QED) is 0.312. The Balaban J connectivity index is 1.55. The van der Waals surface area contributed by atoms with Gasteiger partial charge in [-0.2, -0.15) is 5.10 Å². The highest BCUT2D eigenvalue weighted by Crippen LogP contribution is 2.31. The molecule has 4 aromatic rings. The van der Waals surface area contributed by atoms with Crippen molar-refractivity contribution in [2.24, 2.45) is 0 Å². The van der Waals surface area contributed by atoms with Crippen molar-refractivity contribution in [3.8, 4) is 21.8 Å². The molecule has 1 saturated heterocycles. The van der Waals surface area contributed by atoms with Gasteiger partial charge < -0.3 is 20.9 Å². The lowest BCUT2D eigenvalue weighted by Crippen LogP contribution is -2.56. The fourth-order valence-corrected chi connectivity index (χ4v) is 5.11. The summed E-state index contributed by atoms with van der Waals surface area (Å²) < 4.78 is 1.70. The molecule has 4 aromatic heterocycles. The molecular formula is C26H30N8O2S. The Morgan fingerprint density at radius 2 is 2.08 bits per heavy atom. The van der Waals surface area contributed by atoms with Crippen molar-refractivity contribution >= 4 is 34.6 Å². The molecule has 2 amide bonds. The Labute approximate surface area is 219 Å². The van der Waals surface area contributed by atoms with Gasteiger partial charge in [0.25, 0.3) is 5.91 Å². The monoisotopic (exact) mass is 518 g/mol. The molecule has 5 heterocycles. The van der Waals surface area contributed by atoms with Gasteiger partial charge in [0.1, 0.15) is 11.9 Å². The van der Waals surface area contributed by atoms with E-state index in [0.717, 1.165) is 23.5 Å². The Morgan fingerprint density at radius 1 is 1.22 bits per heavy atom. The minimum Gasteiger partial charge on any atom is -0.357 e.